The van der Waals surface area contributed by atoms with Crippen molar-refractivity contribution < 1.29 is 23.3 Å². The van der Waals surface area contributed by atoms with Crippen LogP contribution in [-0.4, -0.2) is 109 Å². The smallest absolute Gasteiger partial charge is 0.249 e. The Morgan fingerprint density at radius 2 is 1.68 bits per heavy atom. The molecular formula is C44H52ClFN11O4P. The minimum Gasteiger partial charge on any atom is -0.494 e. The topological polar surface area (TPSA) is 162 Å². The highest BCUT2D eigenvalue weighted by Crippen LogP contribution is 2.42. The summed E-state index contributed by atoms with van der Waals surface area (Å²) in [6.45, 7) is 9.31. The van der Waals surface area contributed by atoms with E-state index in [1.165, 1.54) is 12.3 Å². The molecule has 3 aliphatic rings. The van der Waals surface area contributed by atoms with Crippen LogP contribution in [0.4, 0.5) is 44.6 Å². The highest BCUT2D eigenvalue weighted by atomic mass is 35.5. The van der Waals surface area contributed by atoms with Gasteiger partial charge >= 0.3 is 0 Å². The molecule has 0 spiro atoms. The van der Waals surface area contributed by atoms with E-state index in [1.54, 1.807) is 37.3 Å². The van der Waals surface area contributed by atoms with Crippen molar-refractivity contribution in [3.8, 4) is 16.9 Å². The second kappa shape index (κ2) is 18.3. The lowest BCUT2D eigenvalue weighted by Gasteiger charge is -2.40. The second-order valence-corrected chi connectivity index (χ2v) is 20.1. The van der Waals surface area contributed by atoms with Crippen molar-refractivity contribution in [3.63, 3.8) is 0 Å². The molecule has 4 N–H and O–H groups in total. The number of carbonyl (C=O) groups is 2. The third-order valence-corrected chi connectivity index (χ3v) is 13.6. The first kappa shape index (κ1) is 43.0. The van der Waals surface area contributed by atoms with Gasteiger partial charge in [0.25, 0.3) is 0 Å². The van der Waals surface area contributed by atoms with Gasteiger partial charge in [0.15, 0.2) is 5.82 Å². The molecule has 0 bridgehead atoms. The Morgan fingerprint density at radius 3 is 2.37 bits per heavy atom. The molecule has 1 atom stereocenters. The molecule has 1 unspecified atom stereocenters. The van der Waals surface area contributed by atoms with Crippen molar-refractivity contribution in [2.24, 2.45) is 13.0 Å². The molecule has 3 aromatic carbocycles. The van der Waals surface area contributed by atoms with Gasteiger partial charge in [0, 0.05) is 99.4 Å². The summed E-state index contributed by atoms with van der Waals surface area (Å²) in [7, 11) is 0.956. The van der Waals surface area contributed by atoms with E-state index in [2.05, 4.69) is 52.1 Å². The maximum atomic E-state index is 15.3. The van der Waals surface area contributed by atoms with Gasteiger partial charge in [-0.2, -0.15) is 10.1 Å². The number of carbonyl (C=O) groups excluding carboxylic acids is 2. The van der Waals surface area contributed by atoms with Crippen LogP contribution in [0, 0.1) is 11.7 Å². The van der Waals surface area contributed by atoms with Crippen LogP contribution in [-0.2, 0) is 21.2 Å². The predicted octanol–water partition coefficient (Wildman–Crippen LogP) is 6.67. The highest BCUT2D eigenvalue weighted by molar-refractivity contribution is 7.70. The molecule has 62 heavy (non-hydrogen) atoms. The number of methoxy groups -OCH3 is 1. The number of nitrogens with zero attached hydrogens (tertiary/aromatic N) is 7. The number of para-hydroxylation sites is 1. The van der Waals surface area contributed by atoms with Crippen molar-refractivity contribution >= 4 is 76.1 Å². The van der Waals surface area contributed by atoms with E-state index in [9.17, 15) is 14.2 Å². The SMILES string of the molecule is COc1cc(N2CCC(CN3CCN(c4ccc(NC5CCC(=O)NC5=O)cc4F)CC3)CC2)c(-c2cnn(C)c2)cc1Nc1ncc(Cl)c(Nc2ccccc2P(C)(C)=O)n1. The van der Waals surface area contributed by atoms with E-state index in [1.807, 2.05) is 49.8 Å². The lowest BCUT2D eigenvalue weighted by atomic mass is 9.94. The van der Waals surface area contributed by atoms with Crippen LogP contribution in [0.3, 0.4) is 0 Å². The van der Waals surface area contributed by atoms with E-state index in [4.69, 9.17) is 21.3 Å². The largest absolute Gasteiger partial charge is 0.494 e. The first-order valence-electron chi connectivity index (χ1n) is 20.9. The fraction of sp³-hybridized carbons (Fsp3) is 0.386. The van der Waals surface area contributed by atoms with Gasteiger partial charge in [0.2, 0.25) is 17.8 Å². The lowest BCUT2D eigenvalue weighted by molar-refractivity contribution is -0.133. The number of amides is 2. The zero-order chi connectivity index (χ0) is 43.5. The molecule has 2 aromatic heterocycles. The van der Waals surface area contributed by atoms with Gasteiger partial charge in [0.1, 0.15) is 29.8 Å². The molecule has 5 heterocycles. The van der Waals surface area contributed by atoms with E-state index in [0.29, 0.717) is 62.9 Å². The average Bonchev–Trinajstić information content (AvgIpc) is 3.69. The number of benzene rings is 3. The molecule has 18 heteroatoms. The summed E-state index contributed by atoms with van der Waals surface area (Å²) < 4.78 is 36.1. The lowest BCUT2D eigenvalue weighted by Crippen LogP contribution is -2.49. The van der Waals surface area contributed by atoms with Crippen molar-refractivity contribution in [2.75, 3.05) is 92.0 Å². The maximum absolute atomic E-state index is 15.3. The van der Waals surface area contributed by atoms with Gasteiger partial charge in [-0.25, -0.2) is 9.37 Å². The predicted molar refractivity (Wildman–Crippen MR) is 244 cm³/mol. The number of ether oxygens (including phenoxy) is 1. The highest BCUT2D eigenvalue weighted by Gasteiger charge is 2.29. The number of piperazine rings is 1. The molecule has 3 fully saturated rings. The van der Waals surface area contributed by atoms with Crippen molar-refractivity contribution in [1.29, 1.82) is 0 Å². The maximum Gasteiger partial charge on any atom is 0.249 e. The summed E-state index contributed by atoms with van der Waals surface area (Å²) in [6.07, 6.45) is 8.07. The Hall–Kier alpha value is -5.70. The minimum absolute atomic E-state index is 0.258. The molecular weight excluding hydrogens is 832 g/mol. The van der Waals surface area contributed by atoms with Crippen LogP contribution in [0.5, 0.6) is 5.75 Å². The van der Waals surface area contributed by atoms with Crippen LogP contribution in [0.25, 0.3) is 11.1 Å². The second-order valence-electron chi connectivity index (χ2n) is 16.5. The minimum atomic E-state index is -2.59. The van der Waals surface area contributed by atoms with E-state index < -0.39 is 13.2 Å². The molecule has 8 rings (SSSR count). The molecule has 0 radical (unpaired) electrons. The number of nitrogens with one attached hydrogen (secondary N) is 4. The number of imide groups is 1. The van der Waals surface area contributed by atoms with E-state index in [0.717, 1.165) is 75.5 Å². The first-order valence-corrected chi connectivity index (χ1v) is 23.8. The Bertz CT molecular complexity index is 2500. The zero-order valence-corrected chi connectivity index (χ0v) is 37.0. The van der Waals surface area contributed by atoms with Crippen molar-refractivity contribution in [2.45, 2.75) is 31.7 Å². The quantitative estimate of drug-likeness (QED) is 0.0734. The Kier molecular flexibility index (Phi) is 12.7. The molecule has 3 saturated heterocycles. The number of rotatable bonds is 13. The number of piperidine rings is 2. The third kappa shape index (κ3) is 9.83. The number of hydrogen-bond donors (Lipinski definition) is 4. The molecule has 15 nitrogen and oxygen atoms in total. The van der Waals surface area contributed by atoms with Gasteiger partial charge in [-0.05, 0) is 74.9 Å². The molecule has 2 amide bonds. The number of aryl methyl sites for hydroxylation is 1. The number of aromatic nitrogens is 4. The normalized spacial score (nSPS) is 17.8. The molecule has 326 valence electrons. The van der Waals surface area contributed by atoms with Gasteiger partial charge in [-0.15, -0.1) is 0 Å². The zero-order valence-electron chi connectivity index (χ0n) is 35.3. The fourth-order valence-corrected chi connectivity index (χ4v) is 9.77. The average molecular weight is 884 g/mol. The van der Waals surface area contributed by atoms with Crippen LogP contribution in [0.1, 0.15) is 25.7 Å². The van der Waals surface area contributed by atoms with Gasteiger partial charge in [0.05, 0.1) is 36.6 Å². The van der Waals surface area contributed by atoms with Crippen molar-refractivity contribution in [3.05, 3.63) is 84.0 Å². The van der Waals surface area contributed by atoms with Gasteiger partial charge < -0.3 is 35.1 Å². The van der Waals surface area contributed by atoms with Crippen LogP contribution < -0.4 is 41.1 Å². The molecule has 0 aliphatic carbocycles. The van der Waals surface area contributed by atoms with Crippen LogP contribution in [0.2, 0.25) is 5.02 Å². The molecule has 3 aliphatic heterocycles. The number of anilines is 7. The first-order chi connectivity index (χ1) is 29.8. The number of hydrogen-bond acceptors (Lipinski definition) is 13. The van der Waals surface area contributed by atoms with Gasteiger partial charge in [-0.3, -0.25) is 24.5 Å². The molecule has 0 saturated carbocycles. The van der Waals surface area contributed by atoms with E-state index in [-0.39, 0.29) is 24.1 Å². The summed E-state index contributed by atoms with van der Waals surface area (Å²) in [4.78, 5) is 39.8. The summed E-state index contributed by atoms with van der Waals surface area (Å²) >= 11 is 6.56. The summed E-state index contributed by atoms with van der Waals surface area (Å²) in [6, 6.07) is 16.0. The Labute approximate surface area is 365 Å². The van der Waals surface area contributed by atoms with Crippen molar-refractivity contribution in [1.82, 2.24) is 30.0 Å². The summed E-state index contributed by atoms with van der Waals surface area (Å²) in [5, 5.41) is 17.5. The van der Waals surface area contributed by atoms with Crippen LogP contribution >= 0.6 is 18.7 Å². The Morgan fingerprint density at radius 1 is 0.919 bits per heavy atom. The Balaban J connectivity index is 0.908. The van der Waals surface area contributed by atoms with Crippen LogP contribution in [0.15, 0.2) is 73.2 Å². The summed E-state index contributed by atoms with van der Waals surface area (Å²) in [5.74, 6) is 0.827. The van der Waals surface area contributed by atoms with Gasteiger partial charge in [-0.1, -0.05) is 23.7 Å². The third-order valence-electron chi connectivity index (χ3n) is 11.8. The van der Waals surface area contributed by atoms with E-state index >= 15 is 4.39 Å². The monoisotopic (exact) mass is 883 g/mol. The number of halogens is 2. The molecule has 5 aromatic rings. The standard InChI is InChI=1S/C44H52ClFN11O4P/c1-54-27-29(24-48-54)31-22-36(51-44-47-25-32(45)42(53-44)50-34-7-5-6-8-40(34)62(3,4)60)39(61-2)23-38(31)56-15-13-28(14-16-56)26-55-17-19-57(20-18-55)37-11-9-30(21-33(37)46)49-35-10-12-41(58)52-43(35)59/h5-9,11,21-25,27-28,35,49H,10,12-20,26H2,1-4H3,(H,52,58,59)(H2,47,50,51,53). The summed E-state index contributed by atoms with van der Waals surface area (Å²) in [5.41, 5.74) is 5.41. The fourth-order valence-electron chi connectivity index (χ4n) is 8.48.